The lowest BCUT2D eigenvalue weighted by Crippen LogP contribution is -2.28. The van der Waals surface area contributed by atoms with Crippen LogP contribution in [0.2, 0.25) is 0 Å². The highest BCUT2D eigenvalue weighted by molar-refractivity contribution is 5.35. The Morgan fingerprint density at radius 1 is 1.20 bits per heavy atom. The fourth-order valence-corrected chi connectivity index (χ4v) is 2.85. The molecule has 1 aromatic carbocycles. The zero-order valence-corrected chi connectivity index (χ0v) is 11.3. The Balaban J connectivity index is 2.02. The number of hydrogen-bond donors (Lipinski definition) is 1. The second-order valence-electron chi connectivity index (χ2n) is 5.35. The largest absolute Gasteiger partial charge is 0.493 e. The van der Waals surface area contributed by atoms with Crippen LogP contribution in [-0.4, -0.2) is 13.2 Å². The third-order valence-electron chi connectivity index (χ3n) is 4.01. The molecule has 2 N–H and O–H groups in total. The molecular formula is C15H20F3NO. The molecule has 1 atom stereocenters. The Labute approximate surface area is 117 Å². The van der Waals surface area contributed by atoms with Crippen LogP contribution >= 0.6 is 0 Å². The summed E-state index contributed by atoms with van der Waals surface area (Å²) in [4.78, 5) is 0. The van der Waals surface area contributed by atoms with Gasteiger partial charge < -0.3 is 10.5 Å². The van der Waals surface area contributed by atoms with Crippen LogP contribution in [0.5, 0.6) is 5.75 Å². The number of alkyl halides is 3. The van der Waals surface area contributed by atoms with E-state index in [1.165, 1.54) is 25.0 Å². The van der Waals surface area contributed by atoms with Crippen molar-refractivity contribution >= 4 is 0 Å². The maximum Gasteiger partial charge on any atom is 0.419 e. The molecule has 112 valence electrons. The second-order valence-corrected chi connectivity index (χ2v) is 5.35. The average Bonchev–Trinajstić information content (AvgIpc) is 2.93. The Morgan fingerprint density at radius 2 is 1.85 bits per heavy atom. The highest BCUT2D eigenvalue weighted by Gasteiger charge is 2.34. The molecule has 0 saturated heterocycles. The lowest BCUT2D eigenvalue weighted by atomic mass is 9.92. The van der Waals surface area contributed by atoms with E-state index < -0.39 is 11.7 Å². The molecular weight excluding hydrogens is 267 g/mol. The molecule has 1 aromatic rings. The summed E-state index contributed by atoms with van der Waals surface area (Å²) in [7, 11) is 0. The van der Waals surface area contributed by atoms with E-state index in [2.05, 4.69) is 0 Å². The summed E-state index contributed by atoms with van der Waals surface area (Å²) >= 11 is 0. The van der Waals surface area contributed by atoms with Crippen LogP contribution in [0.15, 0.2) is 24.3 Å². The molecule has 0 radical (unpaired) electrons. The van der Waals surface area contributed by atoms with Crippen LogP contribution in [-0.2, 0) is 6.18 Å². The molecule has 2 nitrogen and oxygen atoms in total. The minimum absolute atomic E-state index is 0.101. The summed E-state index contributed by atoms with van der Waals surface area (Å²) < 4.78 is 44.0. The fraction of sp³-hybridized carbons (Fsp3) is 0.600. The maximum absolute atomic E-state index is 12.9. The predicted molar refractivity (Wildman–Crippen MR) is 71.4 cm³/mol. The molecule has 20 heavy (non-hydrogen) atoms. The summed E-state index contributed by atoms with van der Waals surface area (Å²) in [5, 5.41) is 0. The first-order valence-electron chi connectivity index (χ1n) is 7.01. The van der Waals surface area contributed by atoms with Gasteiger partial charge in [-0.3, -0.25) is 0 Å². The first-order valence-corrected chi connectivity index (χ1v) is 7.01. The van der Waals surface area contributed by atoms with E-state index in [0.29, 0.717) is 12.5 Å². The van der Waals surface area contributed by atoms with Gasteiger partial charge in [-0.15, -0.1) is 0 Å². The van der Waals surface area contributed by atoms with Gasteiger partial charge in [-0.25, -0.2) is 0 Å². The summed E-state index contributed by atoms with van der Waals surface area (Å²) in [6.07, 6.45) is 0.182. The molecule has 1 fully saturated rings. The van der Waals surface area contributed by atoms with Gasteiger partial charge in [-0.05, 0) is 24.6 Å². The van der Waals surface area contributed by atoms with Crippen LogP contribution in [0.3, 0.4) is 0 Å². The van der Waals surface area contributed by atoms with Gasteiger partial charge in [0.1, 0.15) is 5.75 Å². The zero-order chi connectivity index (χ0) is 14.6. The molecule has 0 heterocycles. The topological polar surface area (TPSA) is 35.2 Å². The van der Waals surface area contributed by atoms with Crippen LogP contribution in [0.25, 0.3) is 0 Å². The van der Waals surface area contributed by atoms with Crippen LogP contribution < -0.4 is 10.5 Å². The standard InChI is InChI=1S/C15H20F3NO/c16-15(17,18)13-7-3-4-8-14(13)20-10-12(9-19)11-5-1-2-6-11/h3-4,7-8,11-12H,1-2,5-6,9-10,19H2. The number of benzene rings is 1. The minimum atomic E-state index is -4.39. The molecule has 0 aromatic heterocycles. The van der Waals surface area contributed by atoms with Gasteiger partial charge in [-0.2, -0.15) is 13.2 Å². The van der Waals surface area contributed by atoms with Crippen molar-refractivity contribution < 1.29 is 17.9 Å². The Hall–Kier alpha value is -1.23. The van der Waals surface area contributed by atoms with Crippen molar-refractivity contribution in [2.24, 2.45) is 17.6 Å². The van der Waals surface area contributed by atoms with E-state index >= 15 is 0 Å². The Kier molecular flexibility index (Phi) is 4.91. The van der Waals surface area contributed by atoms with Crippen molar-refractivity contribution in [3.05, 3.63) is 29.8 Å². The monoisotopic (exact) mass is 287 g/mol. The third-order valence-corrected chi connectivity index (χ3v) is 4.01. The summed E-state index contributed by atoms with van der Waals surface area (Å²) in [6, 6.07) is 5.33. The number of hydrogen-bond acceptors (Lipinski definition) is 2. The first kappa shape index (κ1) is 15.2. The lowest BCUT2D eigenvalue weighted by molar-refractivity contribution is -0.139. The fourth-order valence-electron chi connectivity index (χ4n) is 2.85. The first-order chi connectivity index (χ1) is 9.52. The van der Waals surface area contributed by atoms with Gasteiger partial charge in [-0.1, -0.05) is 37.8 Å². The SMILES string of the molecule is NCC(COc1ccccc1C(F)(F)F)C1CCCC1. The molecule has 0 spiro atoms. The molecule has 1 aliphatic carbocycles. The molecule has 0 bridgehead atoms. The lowest BCUT2D eigenvalue weighted by Gasteiger charge is -2.23. The third kappa shape index (κ3) is 3.66. The summed E-state index contributed by atoms with van der Waals surface area (Å²) in [6.45, 7) is 0.715. The second kappa shape index (κ2) is 6.48. The van der Waals surface area contributed by atoms with Gasteiger partial charge >= 0.3 is 6.18 Å². The normalized spacial score (nSPS) is 18.2. The number of para-hydroxylation sites is 1. The van der Waals surface area contributed by atoms with Gasteiger partial charge in [0.25, 0.3) is 0 Å². The highest BCUT2D eigenvalue weighted by Crippen LogP contribution is 2.37. The minimum Gasteiger partial charge on any atom is -0.493 e. The van der Waals surface area contributed by atoms with E-state index in [-0.39, 0.29) is 18.3 Å². The summed E-state index contributed by atoms with van der Waals surface area (Å²) in [5.74, 6) is 0.522. The zero-order valence-electron chi connectivity index (χ0n) is 11.3. The van der Waals surface area contributed by atoms with Crippen molar-refractivity contribution in [1.29, 1.82) is 0 Å². The van der Waals surface area contributed by atoms with E-state index in [0.717, 1.165) is 18.9 Å². The number of nitrogens with two attached hydrogens (primary N) is 1. The molecule has 1 unspecified atom stereocenters. The molecule has 5 heteroatoms. The van der Waals surface area contributed by atoms with E-state index in [9.17, 15) is 13.2 Å². The van der Waals surface area contributed by atoms with Crippen molar-refractivity contribution in [3.8, 4) is 5.75 Å². The van der Waals surface area contributed by atoms with Gasteiger partial charge in [0.2, 0.25) is 0 Å². The quantitative estimate of drug-likeness (QED) is 0.892. The van der Waals surface area contributed by atoms with E-state index in [4.69, 9.17) is 10.5 Å². The summed E-state index contributed by atoms with van der Waals surface area (Å²) in [5.41, 5.74) is 5.02. The Bertz CT molecular complexity index is 427. The number of ether oxygens (including phenoxy) is 1. The number of rotatable bonds is 5. The van der Waals surface area contributed by atoms with Crippen molar-refractivity contribution in [1.82, 2.24) is 0 Å². The van der Waals surface area contributed by atoms with Gasteiger partial charge in [0.05, 0.1) is 12.2 Å². The van der Waals surface area contributed by atoms with Crippen LogP contribution in [0.1, 0.15) is 31.2 Å². The van der Waals surface area contributed by atoms with Gasteiger partial charge in [0, 0.05) is 5.92 Å². The molecule has 0 aliphatic heterocycles. The van der Waals surface area contributed by atoms with Crippen molar-refractivity contribution in [2.45, 2.75) is 31.9 Å². The number of halogens is 3. The van der Waals surface area contributed by atoms with Gasteiger partial charge in [0.15, 0.2) is 0 Å². The molecule has 1 saturated carbocycles. The molecule has 1 aliphatic rings. The smallest absolute Gasteiger partial charge is 0.419 e. The highest BCUT2D eigenvalue weighted by atomic mass is 19.4. The van der Waals surface area contributed by atoms with Crippen LogP contribution in [0.4, 0.5) is 13.2 Å². The average molecular weight is 287 g/mol. The van der Waals surface area contributed by atoms with Crippen LogP contribution in [0, 0.1) is 11.8 Å². The Morgan fingerprint density at radius 3 is 2.45 bits per heavy atom. The van der Waals surface area contributed by atoms with E-state index in [1.807, 2.05) is 0 Å². The predicted octanol–water partition coefficient (Wildman–Crippen LogP) is 3.85. The van der Waals surface area contributed by atoms with E-state index in [1.54, 1.807) is 6.07 Å². The molecule has 2 rings (SSSR count). The van der Waals surface area contributed by atoms with Crippen molar-refractivity contribution in [2.75, 3.05) is 13.2 Å². The van der Waals surface area contributed by atoms with Crippen molar-refractivity contribution in [3.63, 3.8) is 0 Å². The molecule has 0 amide bonds. The maximum atomic E-state index is 12.9.